The standard InChI is InChI=1S/C12H16N6O2S/c1-4-5-13-11-14-6-7(2)10(16-11)21-12-15-8(19)9(20)17-18(12)3/h6H,4-5H2,1-3H3,(H,17,20)(H,13,14,16). The Morgan fingerprint density at radius 3 is 2.86 bits per heavy atom. The third kappa shape index (κ3) is 3.69. The number of hydrogen-bond acceptors (Lipinski definition) is 7. The Labute approximate surface area is 125 Å². The Morgan fingerprint density at radius 2 is 2.14 bits per heavy atom. The summed E-state index contributed by atoms with van der Waals surface area (Å²) in [6.45, 7) is 4.70. The molecule has 9 heteroatoms. The summed E-state index contributed by atoms with van der Waals surface area (Å²) < 4.78 is 1.40. The first-order chi connectivity index (χ1) is 10.0. The van der Waals surface area contributed by atoms with Gasteiger partial charge >= 0.3 is 11.1 Å². The van der Waals surface area contributed by atoms with Gasteiger partial charge in [0.25, 0.3) is 0 Å². The topological polar surface area (TPSA) is 106 Å². The highest BCUT2D eigenvalue weighted by molar-refractivity contribution is 7.99. The molecule has 0 spiro atoms. The van der Waals surface area contributed by atoms with Gasteiger partial charge in [-0.15, -0.1) is 0 Å². The van der Waals surface area contributed by atoms with E-state index in [9.17, 15) is 9.59 Å². The summed E-state index contributed by atoms with van der Waals surface area (Å²) >= 11 is 1.20. The lowest BCUT2D eigenvalue weighted by Crippen LogP contribution is -2.33. The minimum Gasteiger partial charge on any atom is -0.354 e. The van der Waals surface area contributed by atoms with E-state index in [1.54, 1.807) is 13.2 Å². The molecule has 0 radical (unpaired) electrons. The number of aryl methyl sites for hydroxylation is 2. The van der Waals surface area contributed by atoms with Crippen molar-refractivity contribution in [2.45, 2.75) is 30.5 Å². The maximum absolute atomic E-state index is 11.3. The van der Waals surface area contributed by atoms with Crippen LogP contribution >= 0.6 is 11.8 Å². The lowest BCUT2D eigenvalue weighted by Gasteiger charge is -2.09. The zero-order valence-electron chi connectivity index (χ0n) is 12.0. The van der Waals surface area contributed by atoms with Crippen molar-refractivity contribution in [2.24, 2.45) is 7.05 Å². The molecule has 2 aromatic heterocycles. The second-order valence-electron chi connectivity index (χ2n) is 4.41. The van der Waals surface area contributed by atoms with E-state index in [2.05, 4.69) is 32.3 Å². The second kappa shape index (κ2) is 6.53. The highest BCUT2D eigenvalue weighted by atomic mass is 32.2. The number of aromatic amines is 1. The summed E-state index contributed by atoms with van der Waals surface area (Å²) in [6, 6.07) is 0. The van der Waals surface area contributed by atoms with Crippen molar-refractivity contribution in [3.8, 4) is 0 Å². The molecule has 112 valence electrons. The SMILES string of the molecule is CCCNc1ncc(C)c(Sc2nc(=O)c(=O)[nH]n2C)n1. The Kier molecular flexibility index (Phi) is 4.73. The summed E-state index contributed by atoms with van der Waals surface area (Å²) in [4.78, 5) is 34.9. The molecule has 0 bridgehead atoms. The van der Waals surface area contributed by atoms with Gasteiger partial charge in [-0.05, 0) is 25.1 Å². The zero-order valence-corrected chi connectivity index (χ0v) is 12.8. The smallest absolute Gasteiger partial charge is 0.339 e. The third-order valence-electron chi connectivity index (χ3n) is 2.59. The van der Waals surface area contributed by atoms with Crippen LogP contribution in [-0.2, 0) is 7.05 Å². The van der Waals surface area contributed by atoms with E-state index in [0.29, 0.717) is 16.1 Å². The Hall–Kier alpha value is -2.16. The van der Waals surface area contributed by atoms with Gasteiger partial charge in [-0.25, -0.2) is 9.97 Å². The molecule has 0 saturated carbocycles. The Morgan fingerprint density at radius 1 is 1.38 bits per heavy atom. The molecule has 8 nitrogen and oxygen atoms in total. The molecule has 0 aromatic carbocycles. The van der Waals surface area contributed by atoms with Crippen LogP contribution in [0.2, 0.25) is 0 Å². The van der Waals surface area contributed by atoms with Gasteiger partial charge in [0.05, 0.1) is 0 Å². The summed E-state index contributed by atoms with van der Waals surface area (Å²) in [6.07, 6.45) is 2.67. The number of anilines is 1. The van der Waals surface area contributed by atoms with E-state index >= 15 is 0 Å². The van der Waals surface area contributed by atoms with Crippen LogP contribution in [0.3, 0.4) is 0 Å². The summed E-state index contributed by atoms with van der Waals surface area (Å²) in [5, 5.41) is 6.55. The van der Waals surface area contributed by atoms with E-state index < -0.39 is 11.1 Å². The van der Waals surface area contributed by atoms with E-state index in [1.165, 1.54) is 16.4 Å². The van der Waals surface area contributed by atoms with Gasteiger partial charge in [-0.3, -0.25) is 19.4 Å². The van der Waals surface area contributed by atoms with Crippen molar-refractivity contribution >= 4 is 17.7 Å². The molecule has 2 aromatic rings. The van der Waals surface area contributed by atoms with E-state index in [0.717, 1.165) is 18.5 Å². The third-order valence-corrected chi connectivity index (χ3v) is 3.75. The molecule has 2 heterocycles. The second-order valence-corrected chi connectivity index (χ2v) is 5.37. The van der Waals surface area contributed by atoms with Gasteiger partial charge in [0, 0.05) is 25.4 Å². The summed E-state index contributed by atoms with van der Waals surface area (Å²) in [5.74, 6) is 0.527. The molecule has 0 unspecified atom stereocenters. The molecule has 0 aliphatic heterocycles. The largest absolute Gasteiger partial charge is 0.354 e. The summed E-state index contributed by atoms with van der Waals surface area (Å²) in [5.41, 5.74) is -0.694. The minimum absolute atomic E-state index is 0.364. The van der Waals surface area contributed by atoms with Crippen molar-refractivity contribution in [3.05, 3.63) is 32.5 Å². The first-order valence-electron chi connectivity index (χ1n) is 6.44. The van der Waals surface area contributed by atoms with Crippen LogP contribution < -0.4 is 16.4 Å². The van der Waals surface area contributed by atoms with Gasteiger partial charge < -0.3 is 5.32 Å². The fourth-order valence-electron chi connectivity index (χ4n) is 1.49. The van der Waals surface area contributed by atoms with Crippen LogP contribution in [0.4, 0.5) is 5.95 Å². The van der Waals surface area contributed by atoms with Crippen molar-refractivity contribution in [1.82, 2.24) is 24.7 Å². The van der Waals surface area contributed by atoms with Crippen LogP contribution in [-0.4, -0.2) is 31.3 Å². The van der Waals surface area contributed by atoms with Gasteiger partial charge in [0.1, 0.15) is 5.03 Å². The first-order valence-corrected chi connectivity index (χ1v) is 7.25. The van der Waals surface area contributed by atoms with Crippen molar-refractivity contribution in [1.29, 1.82) is 0 Å². The molecule has 0 saturated heterocycles. The van der Waals surface area contributed by atoms with Gasteiger partial charge in [0.2, 0.25) is 5.95 Å². The molecule has 2 N–H and O–H groups in total. The average Bonchev–Trinajstić information content (AvgIpc) is 2.45. The minimum atomic E-state index is -0.813. The molecule has 0 aliphatic carbocycles. The normalized spacial score (nSPS) is 10.6. The number of hydrogen-bond donors (Lipinski definition) is 2. The van der Waals surface area contributed by atoms with Crippen molar-refractivity contribution in [3.63, 3.8) is 0 Å². The van der Waals surface area contributed by atoms with Crippen LogP contribution in [0.15, 0.2) is 26.0 Å². The molecule has 0 atom stereocenters. The molecule has 21 heavy (non-hydrogen) atoms. The lowest BCUT2D eigenvalue weighted by atomic mass is 10.4. The highest BCUT2D eigenvalue weighted by Gasteiger charge is 2.10. The summed E-state index contributed by atoms with van der Waals surface area (Å²) in [7, 11) is 1.61. The maximum atomic E-state index is 11.3. The predicted molar refractivity (Wildman–Crippen MR) is 79.8 cm³/mol. The molecule has 0 amide bonds. The average molecular weight is 308 g/mol. The monoisotopic (exact) mass is 308 g/mol. The zero-order chi connectivity index (χ0) is 15.4. The van der Waals surface area contributed by atoms with E-state index in [1.807, 2.05) is 6.92 Å². The number of nitrogens with one attached hydrogen (secondary N) is 2. The fraction of sp³-hybridized carbons (Fsp3) is 0.417. The van der Waals surface area contributed by atoms with Crippen LogP contribution in [0, 0.1) is 6.92 Å². The maximum Gasteiger partial charge on any atom is 0.339 e. The highest BCUT2D eigenvalue weighted by Crippen LogP contribution is 2.25. The van der Waals surface area contributed by atoms with E-state index in [-0.39, 0.29) is 0 Å². The number of rotatable bonds is 5. The number of nitrogens with zero attached hydrogens (tertiary/aromatic N) is 4. The van der Waals surface area contributed by atoms with Gasteiger partial charge in [-0.2, -0.15) is 4.98 Å². The Balaban J connectivity index is 2.32. The molecule has 2 rings (SSSR count). The van der Waals surface area contributed by atoms with Crippen LogP contribution in [0.1, 0.15) is 18.9 Å². The first kappa shape index (κ1) is 15.2. The molecular weight excluding hydrogens is 292 g/mol. The van der Waals surface area contributed by atoms with Crippen LogP contribution in [0.5, 0.6) is 0 Å². The quantitative estimate of drug-likeness (QED) is 0.613. The molecular formula is C12H16N6O2S. The van der Waals surface area contributed by atoms with Crippen LogP contribution in [0.25, 0.3) is 0 Å². The van der Waals surface area contributed by atoms with Crippen molar-refractivity contribution < 1.29 is 0 Å². The molecule has 0 aliphatic rings. The molecule has 0 fully saturated rings. The lowest BCUT2D eigenvalue weighted by molar-refractivity contribution is 0.596. The van der Waals surface area contributed by atoms with Gasteiger partial charge in [-0.1, -0.05) is 6.92 Å². The van der Waals surface area contributed by atoms with Crippen molar-refractivity contribution in [2.75, 3.05) is 11.9 Å². The predicted octanol–water partition coefficient (Wildman–Crippen LogP) is 0.540. The fourth-order valence-corrected chi connectivity index (χ4v) is 2.32. The Bertz CT molecular complexity index is 754. The van der Waals surface area contributed by atoms with Gasteiger partial charge in [0.15, 0.2) is 5.16 Å². The van der Waals surface area contributed by atoms with E-state index in [4.69, 9.17) is 0 Å². The number of aromatic nitrogens is 5. The number of H-pyrrole nitrogens is 1.